The average Bonchev–Trinajstić information content (AvgIpc) is 2.98. The molecule has 2 unspecified atom stereocenters. The maximum atomic E-state index is 12.3. The Morgan fingerprint density at radius 2 is 2.44 bits per heavy atom. The lowest BCUT2D eigenvalue weighted by Crippen LogP contribution is -2.45. The van der Waals surface area contributed by atoms with Crippen molar-refractivity contribution in [2.24, 2.45) is 0 Å². The van der Waals surface area contributed by atoms with E-state index in [2.05, 4.69) is 24.3 Å². The first-order valence-electron chi connectivity index (χ1n) is 6.87. The lowest BCUT2D eigenvalue weighted by atomic mass is 9.92. The molecule has 0 amide bonds. The van der Waals surface area contributed by atoms with Gasteiger partial charge in [0.15, 0.2) is 5.78 Å². The highest BCUT2D eigenvalue weighted by molar-refractivity contribution is 5.89. The van der Waals surface area contributed by atoms with Gasteiger partial charge in [0.25, 0.3) is 0 Å². The van der Waals surface area contributed by atoms with Crippen LogP contribution >= 0.6 is 0 Å². The van der Waals surface area contributed by atoms with Crippen LogP contribution in [0.5, 0.6) is 0 Å². The summed E-state index contributed by atoms with van der Waals surface area (Å²) in [6, 6.07) is 2.36. The number of nitrogens with one attached hydrogen (secondary N) is 1. The molecule has 0 radical (unpaired) electrons. The number of Topliss-reactive ketones (excluding diaryl/α,β-unsaturated/α-hetero) is 1. The van der Waals surface area contributed by atoms with Gasteiger partial charge in [-0.3, -0.25) is 9.48 Å². The van der Waals surface area contributed by atoms with Gasteiger partial charge in [0.2, 0.25) is 0 Å². The second-order valence-electron chi connectivity index (χ2n) is 5.51. The molecule has 1 aromatic heterocycles. The van der Waals surface area contributed by atoms with Crippen molar-refractivity contribution in [2.45, 2.75) is 58.0 Å². The minimum Gasteiger partial charge on any atom is -0.305 e. The molecule has 1 aliphatic rings. The molecule has 0 aliphatic carbocycles. The molecule has 2 rings (SSSR count). The first-order valence-corrected chi connectivity index (χ1v) is 6.87. The fraction of sp³-hybridized carbons (Fsp3) is 0.714. The highest BCUT2D eigenvalue weighted by Crippen LogP contribution is 2.21. The van der Waals surface area contributed by atoms with Crippen molar-refractivity contribution in [3.63, 3.8) is 0 Å². The molecular weight excluding hydrogens is 226 g/mol. The topological polar surface area (TPSA) is 46.9 Å². The van der Waals surface area contributed by atoms with Crippen LogP contribution in [0.1, 0.15) is 51.8 Å². The molecule has 0 bridgehead atoms. The van der Waals surface area contributed by atoms with Crippen LogP contribution in [0.3, 0.4) is 0 Å². The fourth-order valence-electron chi connectivity index (χ4n) is 2.40. The molecule has 2 heterocycles. The van der Waals surface area contributed by atoms with Crippen molar-refractivity contribution in [2.75, 3.05) is 6.54 Å². The summed E-state index contributed by atoms with van der Waals surface area (Å²) in [7, 11) is 0. The zero-order valence-corrected chi connectivity index (χ0v) is 11.6. The molecule has 1 aromatic rings. The van der Waals surface area contributed by atoms with E-state index in [-0.39, 0.29) is 11.3 Å². The summed E-state index contributed by atoms with van der Waals surface area (Å²) in [6.07, 6.45) is 5.49. The Morgan fingerprint density at radius 3 is 3.06 bits per heavy atom. The Kier molecular flexibility index (Phi) is 3.85. The van der Waals surface area contributed by atoms with Gasteiger partial charge >= 0.3 is 0 Å². The van der Waals surface area contributed by atoms with E-state index in [9.17, 15) is 4.79 Å². The maximum absolute atomic E-state index is 12.3. The third-order valence-electron chi connectivity index (χ3n) is 4.03. The van der Waals surface area contributed by atoms with Crippen molar-refractivity contribution < 1.29 is 4.79 Å². The molecular formula is C14H23N3O. The summed E-state index contributed by atoms with van der Waals surface area (Å²) in [4.78, 5) is 12.3. The van der Waals surface area contributed by atoms with E-state index in [0.29, 0.717) is 12.5 Å². The number of rotatable bonds is 5. The molecule has 0 saturated carbocycles. The Labute approximate surface area is 109 Å². The van der Waals surface area contributed by atoms with E-state index in [0.717, 1.165) is 31.5 Å². The first kappa shape index (κ1) is 13.3. The molecule has 0 aromatic carbocycles. The number of carbonyl (C=O) groups is 1. The number of carbonyl (C=O) groups excluding carboxylic acids is 1. The lowest BCUT2D eigenvalue weighted by molar-refractivity contribution is -0.123. The van der Waals surface area contributed by atoms with Gasteiger partial charge in [-0.15, -0.1) is 0 Å². The molecule has 0 spiro atoms. The van der Waals surface area contributed by atoms with E-state index in [1.807, 2.05) is 23.9 Å². The van der Waals surface area contributed by atoms with E-state index < -0.39 is 0 Å². The minimum absolute atomic E-state index is 0.259. The molecule has 18 heavy (non-hydrogen) atoms. The third kappa shape index (κ3) is 2.64. The molecule has 1 fully saturated rings. The van der Waals surface area contributed by atoms with E-state index in [4.69, 9.17) is 0 Å². The number of hydrogen-bond donors (Lipinski definition) is 1. The Morgan fingerprint density at radius 1 is 1.67 bits per heavy atom. The average molecular weight is 249 g/mol. The number of nitrogens with zero attached hydrogens (tertiary/aromatic N) is 2. The second-order valence-corrected chi connectivity index (χ2v) is 5.51. The van der Waals surface area contributed by atoms with Gasteiger partial charge in [0.05, 0.1) is 17.7 Å². The first-order chi connectivity index (χ1) is 8.55. The summed E-state index contributed by atoms with van der Waals surface area (Å²) < 4.78 is 1.95. The summed E-state index contributed by atoms with van der Waals surface area (Å²) in [5.74, 6) is 0.259. The van der Waals surface area contributed by atoms with Crippen molar-refractivity contribution >= 4 is 5.78 Å². The standard InChI is InChI=1S/C14H23N3O/c1-4-11(2)17-9-6-12(16-17)10-13(18)14(3)7-5-8-15-14/h6,9,11,15H,4-5,7-8,10H2,1-3H3. The van der Waals surface area contributed by atoms with Crippen LogP contribution in [0, 0.1) is 0 Å². The van der Waals surface area contributed by atoms with E-state index in [1.165, 1.54) is 0 Å². The summed E-state index contributed by atoms with van der Waals surface area (Å²) in [6.45, 7) is 7.23. The van der Waals surface area contributed by atoms with Crippen molar-refractivity contribution in [1.82, 2.24) is 15.1 Å². The molecule has 100 valence electrons. The number of hydrogen-bond acceptors (Lipinski definition) is 3. The monoisotopic (exact) mass is 249 g/mol. The molecule has 1 saturated heterocycles. The van der Waals surface area contributed by atoms with Gasteiger partial charge in [-0.2, -0.15) is 5.10 Å². The van der Waals surface area contributed by atoms with Crippen molar-refractivity contribution in [1.29, 1.82) is 0 Å². The summed E-state index contributed by atoms with van der Waals surface area (Å²) in [5, 5.41) is 7.80. The zero-order valence-electron chi connectivity index (χ0n) is 11.6. The van der Waals surface area contributed by atoms with E-state index >= 15 is 0 Å². The van der Waals surface area contributed by atoms with Gasteiger partial charge in [-0.1, -0.05) is 6.92 Å². The highest BCUT2D eigenvalue weighted by Gasteiger charge is 2.35. The Balaban J connectivity index is 2.01. The number of ketones is 1. The van der Waals surface area contributed by atoms with Gasteiger partial charge in [0.1, 0.15) is 0 Å². The SMILES string of the molecule is CCC(C)n1ccc(CC(=O)C2(C)CCCN2)n1. The van der Waals surface area contributed by atoms with Crippen LogP contribution in [0.2, 0.25) is 0 Å². The Bertz CT molecular complexity index is 418. The largest absolute Gasteiger partial charge is 0.305 e. The summed E-state index contributed by atoms with van der Waals surface area (Å²) >= 11 is 0. The van der Waals surface area contributed by atoms with Crippen LogP contribution < -0.4 is 5.32 Å². The van der Waals surface area contributed by atoms with Crippen LogP contribution in [0.25, 0.3) is 0 Å². The maximum Gasteiger partial charge on any atom is 0.158 e. The fourth-order valence-corrected chi connectivity index (χ4v) is 2.40. The van der Waals surface area contributed by atoms with Crippen molar-refractivity contribution in [3.8, 4) is 0 Å². The lowest BCUT2D eigenvalue weighted by Gasteiger charge is -2.21. The second kappa shape index (κ2) is 5.22. The van der Waals surface area contributed by atoms with Crippen LogP contribution in [-0.4, -0.2) is 27.6 Å². The Hall–Kier alpha value is -1.16. The van der Waals surface area contributed by atoms with Gasteiger partial charge in [-0.05, 0) is 45.7 Å². The third-order valence-corrected chi connectivity index (χ3v) is 4.03. The zero-order chi connectivity index (χ0) is 13.2. The van der Waals surface area contributed by atoms with Gasteiger partial charge in [0, 0.05) is 12.2 Å². The van der Waals surface area contributed by atoms with Crippen molar-refractivity contribution in [3.05, 3.63) is 18.0 Å². The quantitative estimate of drug-likeness (QED) is 0.869. The molecule has 1 N–H and O–H groups in total. The highest BCUT2D eigenvalue weighted by atomic mass is 16.1. The predicted molar refractivity (Wildman–Crippen MR) is 71.6 cm³/mol. The molecule has 1 aliphatic heterocycles. The van der Waals surface area contributed by atoms with Crippen LogP contribution in [0.15, 0.2) is 12.3 Å². The van der Waals surface area contributed by atoms with Gasteiger partial charge in [-0.25, -0.2) is 0 Å². The van der Waals surface area contributed by atoms with E-state index in [1.54, 1.807) is 0 Å². The molecule has 4 nitrogen and oxygen atoms in total. The minimum atomic E-state index is -0.333. The smallest absolute Gasteiger partial charge is 0.158 e. The molecule has 4 heteroatoms. The van der Waals surface area contributed by atoms with Crippen LogP contribution in [-0.2, 0) is 11.2 Å². The van der Waals surface area contributed by atoms with Gasteiger partial charge < -0.3 is 5.32 Å². The normalized spacial score (nSPS) is 25.3. The predicted octanol–water partition coefficient (Wildman–Crippen LogP) is 2.11. The number of aromatic nitrogens is 2. The summed E-state index contributed by atoms with van der Waals surface area (Å²) in [5.41, 5.74) is 0.551. The van der Waals surface area contributed by atoms with Crippen LogP contribution in [0.4, 0.5) is 0 Å². The molecule has 2 atom stereocenters.